The maximum Gasteiger partial charge on any atom is 0.303 e. The maximum absolute atomic E-state index is 10.4. The van der Waals surface area contributed by atoms with E-state index in [4.69, 9.17) is 5.11 Å². The first kappa shape index (κ1) is 8.99. The highest BCUT2D eigenvalue weighted by Crippen LogP contribution is 2.19. The minimum absolute atomic E-state index is 0.145. The molecule has 0 saturated heterocycles. The van der Waals surface area contributed by atoms with Crippen LogP contribution in [0.5, 0.6) is 0 Å². The molecule has 1 aromatic heterocycles. The second-order valence-corrected chi connectivity index (χ2v) is 3.38. The Kier molecular flexibility index (Phi) is 2.35. The molecular weight excluding hydrogens is 180 g/mol. The van der Waals surface area contributed by atoms with Gasteiger partial charge in [-0.3, -0.25) is 4.79 Å². The van der Waals surface area contributed by atoms with E-state index in [2.05, 4.69) is 10.3 Å². The van der Waals surface area contributed by atoms with Gasteiger partial charge in [-0.1, -0.05) is 6.07 Å². The predicted octanol–water partition coefficient (Wildman–Crippen LogP) is 1.07. The number of nitrogens with one attached hydrogen (secondary N) is 1. The van der Waals surface area contributed by atoms with E-state index in [9.17, 15) is 4.79 Å². The Morgan fingerprint density at radius 3 is 3.21 bits per heavy atom. The molecule has 0 spiro atoms. The smallest absolute Gasteiger partial charge is 0.303 e. The van der Waals surface area contributed by atoms with Crippen molar-refractivity contribution in [3.8, 4) is 0 Å². The molecule has 0 unspecified atom stereocenters. The lowest BCUT2D eigenvalue weighted by Gasteiger charge is -2.02. The Morgan fingerprint density at radius 2 is 2.43 bits per heavy atom. The van der Waals surface area contributed by atoms with Gasteiger partial charge in [0, 0.05) is 18.7 Å². The van der Waals surface area contributed by atoms with Crippen molar-refractivity contribution in [2.24, 2.45) is 0 Å². The van der Waals surface area contributed by atoms with Crippen molar-refractivity contribution >= 4 is 11.8 Å². The minimum atomic E-state index is -0.778. The van der Waals surface area contributed by atoms with Gasteiger partial charge in [-0.15, -0.1) is 0 Å². The summed E-state index contributed by atoms with van der Waals surface area (Å²) in [4.78, 5) is 14.7. The van der Waals surface area contributed by atoms with Crippen LogP contribution >= 0.6 is 0 Å². The summed E-state index contributed by atoms with van der Waals surface area (Å²) in [5, 5.41) is 11.7. The van der Waals surface area contributed by atoms with Gasteiger partial charge in [0.1, 0.15) is 5.82 Å². The molecule has 14 heavy (non-hydrogen) atoms. The molecule has 0 saturated carbocycles. The van der Waals surface area contributed by atoms with E-state index in [1.54, 1.807) is 0 Å². The Morgan fingerprint density at radius 1 is 1.57 bits per heavy atom. The van der Waals surface area contributed by atoms with Gasteiger partial charge in [0.15, 0.2) is 0 Å². The number of aliphatic carboxylic acids is 1. The highest BCUT2D eigenvalue weighted by Gasteiger charge is 2.11. The van der Waals surface area contributed by atoms with Crippen molar-refractivity contribution in [1.29, 1.82) is 0 Å². The first-order chi connectivity index (χ1) is 6.75. The van der Waals surface area contributed by atoms with Gasteiger partial charge in [-0.25, -0.2) is 4.98 Å². The zero-order valence-corrected chi connectivity index (χ0v) is 7.79. The number of carboxylic acids is 1. The lowest BCUT2D eigenvalue weighted by Crippen LogP contribution is -2.00. The molecule has 1 aliphatic heterocycles. The van der Waals surface area contributed by atoms with Crippen LogP contribution in [0.1, 0.15) is 17.7 Å². The van der Waals surface area contributed by atoms with E-state index in [0.717, 1.165) is 24.5 Å². The standard InChI is InChI=1S/C10H12N2O2/c13-9(14)4-3-8-2-1-7-5-6-11-10(7)12-8/h1-2H,3-6H2,(H,11,12)(H,13,14). The Hall–Kier alpha value is -1.58. The predicted molar refractivity (Wildman–Crippen MR) is 52.4 cm³/mol. The third-order valence-corrected chi connectivity index (χ3v) is 2.32. The van der Waals surface area contributed by atoms with Gasteiger partial charge in [-0.05, 0) is 18.1 Å². The molecule has 0 aromatic carbocycles. The van der Waals surface area contributed by atoms with Crippen molar-refractivity contribution in [1.82, 2.24) is 4.98 Å². The molecule has 2 heterocycles. The molecular formula is C10H12N2O2. The molecule has 2 N–H and O–H groups in total. The topological polar surface area (TPSA) is 62.2 Å². The fraction of sp³-hybridized carbons (Fsp3) is 0.400. The van der Waals surface area contributed by atoms with Crippen molar-refractivity contribution in [3.63, 3.8) is 0 Å². The molecule has 4 heteroatoms. The van der Waals surface area contributed by atoms with Gasteiger partial charge in [-0.2, -0.15) is 0 Å². The maximum atomic E-state index is 10.4. The molecule has 0 amide bonds. The van der Waals surface area contributed by atoms with Gasteiger partial charge in [0.2, 0.25) is 0 Å². The van der Waals surface area contributed by atoms with E-state index in [0.29, 0.717) is 6.42 Å². The van der Waals surface area contributed by atoms with Crippen LogP contribution in [-0.4, -0.2) is 22.6 Å². The van der Waals surface area contributed by atoms with Crippen molar-refractivity contribution in [2.45, 2.75) is 19.3 Å². The number of aryl methyl sites for hydroxylation is 1. The molecule has 0 bridgehead atoms. The molecule has 1 aliphatic rings. The SMILES string of the molecule is O=C(O)CCc1ccc2c(n1)NCC2. The molecule has 2 rings (SSSR count). The second kappa shape index (κ2) is 3.65. The number of hydrogen-bond acceptors (Lipinski definition) is 3. The summed E-state index contributed by atoms with van der Waals surface area (Å²) in [6, 6.07) is 3.94. The molecule has 0 radical (unpaired) electrons. The summed E-state index contributed by atoms with van der Waals surface area (Å²) in [5.41, 5.74) is 2.07. The molecule has 0 fully saturated rings. The van der Waals surface area contributed by atoms with E-state index < -0.39 is 5.97 Å². The summed E-state index contributed by atoms with van der Waals surface area (Å²) < 4.78 is 0. The third kappa shape index (κ3) is 1.84. The number of fused-ring (bicyclic) bond motifs is 1. The van der Waals surface area contributed by atoms with Crippen LogP contribution in [0.3, 0.4) is 0 Å². The minimum Gasteiger partial charge on any atom is -0.481 e. The number of rotatable bonds is 3. The number of hydrogen-bond donors (Lipinski definition) is 2. The molecule has 0 atom stereocenters. The van der Waals surface area contributed by atoms with Crippen LogP contribution in [-0.2, 0) is 17.6 Å². The molecule has 4 nitrogen and oxygen atoms in total. The third-order valence-electron chi connectivity index (χ3n) is 2.32. The van der Waals surface area contributed by atoms with Crippen LogP contribution in [0.15, 0.2) is 12.1 Å². The van der Waals surface area contributed by atoms with Crippen LogP contribution < -0.4 is 5.32 Å². The van der Waals surface area contributed by atoms with Gasteiger partial charge >= 0.3 is 5.97 Å². The largest absolute Gasteiger partial charge is 0.481 e. The van der Waals surface area contributed by atoms with Gasteiger partial charge in [0.05, 0.1) is 6.42 Å². The highest BCUT2D eigenvalue weighted by atomic mass is 16.4. The number of carbonyl (C=O) groups is 1. The summed E-state index contributed by atoms with van der Waals surface area (Å²) in [6.45, 7) is 0.935. The number of anilines is 1. The van der Waals surface area contributed by atoms with Crippen LogP contribution in [0.2, 0.25) is 0 Å². The van der Waals surface area contributed by atoms with Gasteiger partial charge in [0.25, 0.3) is 0 Å². The fourth-order valence-corrected chi connectivity index (χ4v) is 1.57. The number of pyridine rings is 1. The zero-order valence-electron chi connectivity index (χ0n) is 7.79. The first-order valence-corrected chi connectivity index (χ1v) is 4.70. The lowest BCUT2D eigenvalue weighted by atomic mass is 10.1. The summed E-state index contributed by atoms with van der Waals surface area (Å²) >= 11 is 0. The van der Waals surface area contributed by atoms with Crippen molar-refractivity contribution < 1.29 is 9.90 Å². The second-order valence-electron chi connectivity index (χ2n) is 3.38. The highest BCUT2D eigenvalue weighted by molar-refractivity contribution is 5.67. The van der Waals surface area contributed by atoms with E-state index in [1.807, 2.05) is 12.1 Å². The van der Waals surface area contributed by atoms with E-state index in [1.165, 1.54) is 5.56 Å². The average Bonchev–Trinajstić information content (AvgIpc) is 2.61. The first-order valence-electron chi connectivity index (χ1n) is 4.70. The Bertz CT molecular complexity index is 363. The quantitative estimate of drug-likeness (QED) is 0.751. The molecule has 1 aromatic rings. The van der Waals surface area contributed by atoms with Crippen LogP contribution in [0.4, 0.5) is 5.82 Å². The zero-order chi connectivity index (χ0) is 9.97. The number of carboxylic acid groups (broad SMARTS) is 1. The normalized spacial score (nSPS) is 13.4. The van der Waals surface area contributed by atoms with E-state index >= 15 is 0 Å². The summed E-state index contributed by atoms with van der Waals surface area (Å²) in [7, 11) is 0. The molecule has 0 aliphatic carbocycles. The molecule has 74 valence electrons. The average molecular weight is 192 g/mol. The van der Waals surface area contributed by atoms with Gasteiger partial charge < -0.3 is 10.4 Å². The number of aromatic nitrogens is 1. The number of nitrogens with zero attached hydrogens (tertiary/aromatic N) is 1. The van der Waals surface area contributed by atoms with Crippen molar-refractivity contribution in [2.75, 3.05) is 11.9 Å². The lowest BCUT2D eigenvalue weighted by molar-refractivity contribution is -0.136. The monoisotopic (exact) mass is 192 g/mol. The van der Waals surface area contributed by atoms with Crippen LogP contribution in [0, 0.1) is 0 Å². The van der Waals surface area contributed by atoms with E-state index in [-0.39, 0.29) is 6.42 Å². The van der Waals surface area contributed by atoms with Crippen molar-refractivity contribution in [3.05, 3.63) is 23.4 Å². The Balaban J connectivity index is 2.09. The van der Waals surface area contributed by atoms with Crippen LogP contribution in [0.25, 0.3) is 0 Å². The fourth-order valence-electron chi connectivity index (χ4n) is 1.57. The Labute approximate surface area is 82.0 Å². The summed E-state index contributed by atoms with van der Waals surface area (Å²) in [6.07, 6.45) is 1.66. The summed E-state index contributed by atoms with van der Waals surface area (Å²) in [5.74, 6) is 0.146.